The number of nitrogens with zero attached hydrogens (tertiary/aromatic N) is 1. The second kappa shape index (κ2) is 5.96. The molecule has 0 unspecified atom stereocenters. The van der Waals surface area contributed by atoms with E-state index in [1.165, 1.54) is 53.6 Å². The number of nitrogens with one attached hydrogen (secondary N) is 2. The van der Waals surface area contributed by atoms with E-state index in [4.69, 9.17) is 0 Å². The molecular weight excluding hydrogens is 385 g/mol. The van der Waals surface area contributed by atoms with Gasteiger partial charge in [0.25, 0.3) is 0 Å². The Hall–Kier alpha value is -0.880. The number of benzene rings is 1. The van der Waals surface area contributed by atoms with Crippen molar-refractivity contribution >= 4 is 22.6 Å². The van der Waals surface area contributed by atoms with Gasteiger partial charge in [-0.25, -0.2) is 0 Å². The van der Waals surface area contributed by atoms with E-state index in [0.29, 0.717) is 6.04 Å². The Labute approximate surface area is 145 Å². The Balaban J connectivity index is 1.43. The molecule has 1 heterocycles. The molecule has 4 heteroatoms. The summed E-state index contributed by atoms with van der Waals surface area (Å²) in [6.45, 7) is 3.37. The highest BCUT2D eigenvalue weighted by Gasteiger charge is 2.23. The van der Waals surface area contributed by atoms with Crippen molar-refractivity contribution in [3.05, 3.63) is 38.6 Å². The standard InChI is InChI=1S/C18H22IN3/c1-11-2-5-14(6-3-11)20-10-12-4-7-15-13(8-12)9-16-17(15)21-22-18(16)19/h4,7-8,11,14,20H,2-3,5-6,9-10H2,1H3,(H,21,22). The minimum absolute atomic E-state index is 0.710. The van der Waals surface area contributed by atoms with Crippen LogP contribution in [0.1, 0.15) is 49.3 Å². The van der Waals surface area contributed by atoms with Gasteiger partial charge in [-0.3, -0.25) is 5.10 Å². The van der Waals surface area contributed by atoms with Crippen LogP contribution in [-0.4, -0.2) is 16.2 Å². The number of rotatable bonds is 3. The predicted octanol–water partition coefficient (Wildman–Crippen LogP) is 4.25. The largest absolute Gasteiger partial charge is 0.310 e. The van der Waals surface area contributed by atoms with Crippen LogP contribution in [0.3, 0.4) is 0 Å². The number of halogens is 1. The third kappa shape index (κ3) is 2.71. The second-order valence-corrected chi connectivity index (χ2v) is 7.90. The molecule has 2 N–H and O–H groups in total. The van der Waals surface area contributed by atoms with Crippen LogP contribution < -0.4 is 5.32 Å². The molecule has 1 aromatic heterocycles. The van der Waals surface area contributed by atoms with Gasteiger partial charge >= 0.3 is 0 Å². The van der Waals surface area contributed by atoms with E-state index in [9.17, 15) is 0 Å². The van der Waals surface area contributed by atoms with Crippen molar-refractivity contribution in [2.24, 2.45) is 5.92 Å². The van der Waals surface area contributed by atoms with Gasteiger partial charge in [0.05, 0.1) is 5.69 Å². The fourth-order valence-electron chi connectivity index (χ4n) is 3.79. The zero-order valence-corrected chi connectivity index (χ0v) is 15.1. The van der Waals surface area contributed by atoms with Crippen LogP contribution in [0.5, 0.6) is 0 Å². The lowest BCUT2D eigenvalue weighted by atomic mass is 9.87. The summed E-state index contributed by atoms with van der Waals surface area (Å²) < 4.78 is 1.11. The fourth-order valence-corrected chi connectivity index (χ4v) is 4.37. The van der Waals surface area contributed by atoms with Crippen LogP contribution >= 0.6 is 22.6 Å². The highest BCUT2D eigenvalue weighted by molar-refractivity contribution is 14.1. The van der Waals surface area contributed by atoms with Crippen molar-refractivity contribution in [1.82, 2.24) is 15.5 Å². The third-order valence-corrected chi connectivity index (χ3v) is 6.13. The topological polar surface area (TPSA) is 40.7 Å². The summed E-state index contributed by atoms with van der Waals surface area (Å²) in [6.07, 6.45) is 6.44. The van der Waals surface area contributed by atoms with Gasteiger partial charge in [-0.2, -0.15) is 5.10 Å². The quantitative estimate of drug-likeness (QED) is 0.638. The molecule has 0 atom stereocenters. The molecule has 116 valence electrons. The lowest BCUT2D eigenvalue weighted by Crippen LogP contribution is -2.32. The Morgan fingerprint density at radius 2 is 2.09 bits per heavy atom. The molecule has 22 heavy (non-hydrogen) atoms. The third-order valence-electron chi connectivity index (χ3n) is 5.23. The van der Waals surface area contributed by atoms with Crippen molar-refractivity contribution in [2.45, 2.75) is 51.6 Å². The number of H-pyrrole nitrogens is 1. The van der Waals surface area contributed by atoms with E-state index in [2.05, 4.69) is 63.2 Å². The van der Waals surface area contributed by atoms with Gasteiger partial charge in [0, 0.05) is 30.1 Å². The van der Waals surface area contributed by atoms with Crippen molar-refractivity contribution in [1.29, 1.82) is 0 Å². The lowest BCUT2D eigenvalue weighted by Gasteiger charge is -2.27. The van der Waals surface area contributed by atoms with Gasteiger partial charge < -0.3 is 5.32 Å². The van der Waals surface area contributed by atoms with Crippen LogP contribution in [0.25, 0.3) is 11.3 Å². The molecule has 0 aliphatic heterocycles. The second-order valence-electron chi connectivity index (χ2n) is 6.87. The van der Waals surface area contributed by atoms with E-state index in [0.717, 1.165) is 22.6 Å². The monoisotopic (exact) mass is 407 g/mol. The molecular formula is C18H22IN3. The van der Waals surface area contributed by atoms with E-state index in [1.54, 1.807) is 0 Å². The lowest BCUT2D eigenvalue weighted by molar-refractivity contribution is 0.306. The summed E-state index contributed by atoms with van der Waals surface area (Å²) in [5.74, 6) is 0.920. The van der Waals surface area contributed by atoms with E-state index >= 15 is 0 Å². The van der Waals surface area contributed by atoms with Crippen molar-refractivity contribution in [3.8, 4) is 11.3 Å². The summed E-state index contributed by atoms with van der Waals surface area (Å²) in [5.41, 5.74) is 6.77. The summed E-state index contributed by atoms with van der Waals surface area (Å²) >= 11 is 2.32. The zero-order chi connectivity index (χ0) is 15.1. The molecule has 0 saturated heterocycles. The molecule has 2 aliphatic carbocycles. The van der Waals surface area contributed by atoms with Gasteiger partial charge in [-0.05, 0) is 65.3 Å². The number of hydrogen-bond donors (Lipinski definition) is 2. The molecule has 0 bridgehead atoms. The number of hydrogen-bond acceptors (Lipinski definition) is 2. The molecule has 2 aromatic rings. The van der Waals surface area contributed by atoms with Gasteiger partial charge in [0.1, 0.15) is 3.70 Å². The van der Waals surface area contributed by atoms with Crippen LogP contribution in [0.15, 0.2) is 18.2 Å². The Kier molecular flexibility index (Phi) is 3.98. The number of aromatic amines is 1. The first-order valence-corrected chi connectivity index (χ1v) is 9.37. The minimum atomic E-state index is 0.710. The maximum Gasteiger partial charge on any atom is 0.127 e. The summed E-state index contributed by atoms with van der Waals surface area (Å²) in [4.78, 5) is 0. The number of fused-ring (bicyclic) bond motifs is 3. The summed E-state index contributed by atoms with van der Waals surface area (Å²) in [5, 5.41) is 11.2. The first-order chi connectivity index (χ1) is 10.7. The maximum absolute atomic E-state index is 4.31. The molecule has 1 fully saturated rings. The molecule has 0 spiro atoms. The minimum Gasteiger partial charge on any atom is -0.310 e. The average molecular weight is 407 g/mol. The molecule has 2 aliphatic rings. The number of aromatic nitrogens is 2. The van der Waals surface area contributed by atoms with Crippen LogP contribution in [0.4, 0.5) is 0 Å². The van der Waals surface area contributed by atoms with Crippen molar-refractivity contribution in [2.75, 3.05) is 0 Å². The van der Waals surface area contributed by atoms with Crippen LogP contribution in [-0.2, 0) is 13.0 Å². The van der Waals surface area contributed by atoms with Gasteiger partial charge in [-0.15, -0.1) is 0 Å². The van der Waals surface area contributed by atoms with Crippen LogP contribution in [0.2, 0.25) is 0 Å². The smallest absolute Gasteiger partial charge is 0.127 e. The first-order valence-electron chi connectivity index (χ1n) is 8.29. The molecule has 1 aromatic carbocycles. The maximum atomic E-state index is 4.31. The van der Waals surface area contributed by atoms with Gasteiger partial charge in [-0.1, -0.05) is 25.1 Å². The average Bonchev–Trinajstić information content (AvgIpc) is 3.06. The molecule has 3 nitrogen and oxygen atoms in total. The Morgan fingerprint density at radius 3 is 2.91 bits per heavy atom. The first kappa shape index (κ1) is 14.7. The summed E-state index contributed by atoms with van der Waals surface area (Å²) in [6, 6.07) is 7.61. The predicted molar refractivity (Wildman–Crippen MR) is 97.8 cm³/mol. The zero-order valence-electron chi connectivity index (χ0n) is 13.0. The van der Waals surface area contributed by atoms with E-state index in [-0.39, 0.29) is 0 Å². The van der Waals surface area contributed by atoms with E-state index in [1.807, 2.05) is 0 Å². The van der Waals surface area contributed by atoms with E-state index < -0.39 is 0 Å². The normalized spacial score (nSPS) is 23.4. The van der Waals surface area contributed by atoms with Crippen LogP contribution in [0, 0.1) is 9.62 Å². The highest BCUT2D eigenvalue weighted by Crippen LogP contribution is 2.37. The fraction of sp³-hybridized carbons (Fsp3) is 0.500. The highest BCUT2D eigenvalue weighted by atomic mass is 127. The Morgan fingerprint density at radius 1 is 1.27 bits per heavy atom. The molecule has 0 radical (unpaired) electrons. The molecule has 4 rings (SSSR count). The molecule has 1 saturated carbocycles. The Bertz CT molecular complexity index is 684. The van der Waals surface area contributed by atoms with Crippen molar-refractivity contribution in [3.63, 3.8) is 0 Å². The van der Waals surface area contributed by atoms with Gasteiger partial charge in [0.2, 0.25) is 0 Å². The van der Waals surface area contributed by atoms with Gasteiger partial charge in [0.15, 0.2) is 0 Å². The SMILES string of the molecule is CC1CCC(NCc2ccc3c(c2)Cc2c(I)n[nH]c2-3)CC1. The summed E-state index contributed by atoms with van der Waals surface area (Å²) in [7, 11) is 0. The van der Waals surface area contributed by atoms with Crippen molar-refractivity contribution < 1.29 is 0 Å². The molecule has 0 amide bonds.